The molecule has 3 rings (SSSR count). The Morgan fingerprint density at radius 2 is 2.21 bits per heavy atom. The average molecular weight is 367 g/mol. The van der Waals surface area contributed by atoms with Crippen LogP contribution in [0.2, 0.25) is 0 Å². The minimum absolute atomic E-state index is 0.0407. The summed E-state index contributed by atoms with van der Waals surface area (Å²) in [6, 6.07) is 0. The van der Waals surface area contributed by atoms with Crippen molar-refractivity contribution in [1.82, 2.24) is 9.97 Å². The maximum Gasteiger partial charge on any atom is 0.316 e. The highest BCUT2D eigenvalue weighted by molar-refractivity contribution is 7.99. The Balaban J connectivity index is 1.63. The summed E-state index contributed by atoms with van der Waals surface area (Å²) >= 11 is 2.74. The van der Waals surface area contributed by atoms with E-state index in [2.05, 4.69) is 16.9 Å². The van der Waals surface area contributed by atoms with E-state index in [1.54, 1.807) is 0 Å². The molecule has 2 aromatic heterocycles. The summed E-state index contributed by atoms with van der Waals surface area (Å²) in [7, 11) is 0. The second-order valence-electron chi connectivity index (χ2n) is 6.51. The van der Waals surface area contributed by atoms with Crippen LogP contribution >= 0.6 is 23.1 Å². The molecule has 0 aromatic carbocycles. The second kappa shape index (κ2) is 7.27. The number of carbonyl (C=O) groups excluding carboxylic acids is 1. The zero-order valence-electron chi connectivity index (χ0n) is 14.2. The van der Waals surface area contributed by atoms with Gasteiger partial charge < -0.3 is 9.72 Å². The van der Waals surface area contributed by atoms with Gasteiger partial charge in [-0.2, -0.15) is 0 Å². The van der Waals surface area contributed by atoms with Crippen molar-refractivity contribution in [2.45, 2.75) is 57.7 Å². The second-order valence-corrected chi connectivity index (χ2v) is 8.67. The molecule has 0 spiro atoms. The first-order valence-electron chi connectivity index (χ1n) is 8.26. The van der Waals surface area contributed by atoms with Crippen molar-refractivity contribution in [3.05, 3.63) is 20.8 Å². The molecule has 0 unspecified atom stereocenters. The normalized spacial score (nSPS) is 21.1. The zero-order valence-corrected chi connectivity index (χ0v) is 15.8. The molecule has 0 amide bonds. The van der Waals surface area contributed by atoms with Crippen LogP contribution in [0.15, 0.2) is 9.95 Å². The molecule has 24 heavy (non-hydrogen) atoms. The van der Waals surface area contributed by atoms with Crippen LogP contribution in [0, 0.1) is 19.8 Å². The number of hydrogen-bond acceptors (Lipinski definition) is 6. The lowest BCUT2D eigenvalue weighted by Crippen LogP contribution is -2.25. The molecule has 2 heterocycles. The van der Waals surface area contributed by atoms with Crippen molar-refractivity contribution >= 4 is 39.3 Å². The number of ether oxygens (including phenoxy) is 1. The Labute approximate surface area is 149 Å². The van der Waals surface area contributed by atoms with E-state index < -0.39 is 0 Å². The van der Waals surface area contributed by atoms with Crippen LogP contribution < -0.4 is 5.56 Å². The molecule has 5 nitrogen and oxygen atoms in total. The van der Waals surface area contributed by atoms with E-state index in [1.165, 1.54) is 29.5 Å². The van der Waals surface area contributed by atoms with Crippen LogP contribution in [-0.4, -0.2) is 27.8 Å². The van der Waals surface area contributed by atoms with Gasteiger partial charge in [0.25, 0.3) is 5.56 Å². The first-order chi connectivity index (χ1) is 11.4. The van der Waals surface area contributed by atoms with E-state index in [-0.39, 0.29) is 23.4 Å². The number of H-pyrrole nitrogens is 1. The summed E-state index contributed by atoms with van der Waals surface area (Å²) in [4.78, 5) is 33.3. The molecular weight excluding hydrogens is 344 g/mol. The fourth-order valence-electron chi connectivity index (χ4n) is 3.14. The van der Waals surface area contributed by atoms with Gasteiger partial charge in [-0.05, 0) is 44.6 Å². The Kier molecular flexibility index (Phi) is 5.30. The van der Waals surface area contributed by atoms with Crippen LogP contribution in [0.3, 0.4) is 0 Å². The van der Waals surface area contributed by atoms with Gasteiger partial charge in [0.1, 0.15) is 10.9 Å². The number of aromatic nitrogens is 2. The van der Waals surface area contributed by atoms with Gasteiger partial charge in [-0.25, -0.2) is 4.98 Å². The van der Waals surface area contributed by atoms with Gasteiger partial charge >= 0.3 is 5.97 Å². The summed E-state index contributed by atoms with van der Waals surface area (Å²) in [5, 5.41) is 1.13. The Hall–Kier alpha value is -1.34. The number of fused-ring (bicyclic) bond motifs is 1. The van der Waals surface area contributed by atoms with E-state index in [0.717, 1.165) is 34.5 Å². The van der Waals surface area contributed by atoms with Gasteiger partial charge in [0.05, 0.1) is 11.1 Å². The van der Waals surface area contributed by atoms with E-state index in [4.69, 9.17) is 4.74 Å². The summed E-state index contributed by atoms with van der Waals surface area (Å²) in [5.41, 5.74) is 0.838. The third kappa shape index (κ3) is 3.83. The number of nitrogens with zero attached hydrogens (tertiary/aromatic N) is 1. The minimum Gasteiger partial charge on any atom is -0.462 e. The van der Waals surface area contributed by atoms with Crippen molar-refractivity contribution in [1.29, 1.82) is 0 Å². The number of nitrogens with one attached hydrogen (secondary N) is 1. The predicted molar refractivity (Wildman–Crippen MR) is 98.0 cm³/mol. The molecule has 0 saturated heterocycles. The smallest absolute Gasteiger partial charge is 0.316 e. The Morgan fingerprint density at radius 3 is 2.96 bits per heavy atom. The highest BCUT2D eigenvalue weighted by Gasteiger charge is 2.22. The molecule has 2 aromatic rings. The van der Waals surface area contributed by atoms with Gasteiger partial charge in [0, 0.05) is 4.88 Å². The number of rotatable bonds is 4. The molecule has 130 valence electrons. The summed E-state index contributed by atoms with van der Waals surface area (Å²) in [6.45, 7) is 6.11. The number of thioether (sulfide) groups is 1. The van der Waals surface area contributed by atoms with Gasteiger partial charge in [0.15, 0.2) is 5.16 Å². The lowest BCUT2D eigenvalue weighted by molar-refractivity contribution is -0.147. The number of aryl methyl sites for hydroxylation is 2. The van der Waals surface area contributed by atoms with E-state index in [0.29, 0.717) is 16.5 Å². The molecule has 1 saturated carbocycles. The molecular formula is C17H22N2O3S2. The number of esters is 1. The van der Waals surface area contributed by atoms with E-state index in [9.17, 15) is 9.59 Å². The molecule has 0 radical (unpaired) electrons. The Morgan fingerprint density at radius 1 is 1.42 bits per heavy atom. The first kappa shape index (κ1) is 17.5. The largest absolute Gasteiger partial charge is 0.462 e. The first-order valence-corrected chi connectivity index (χ1v) is 10.1. The van der Waals surface area contributed by atoms with Crippen molar-refractivity contribution in [2.24, 2.45) is 5.92 Å². The average Bonchev–Trinajstić information content (AvgIpc) is 2.80. The number of thiophene rings is 1. The summed E-state index contributed by atoms with van der Waals surface area (Å²) < 4.78 is 5.55. The highest BCUT2D eigenvalue weighted by Crippen LogP contribution is 2.28. The molecule has 0 aliphatic heterocycles. The number of aromatic amines is 1. The van der Waals surface area contributed by atoms with Crippen molar-refractivity contribution in [2.75, 3.05) is 5.75 Å². The predicted octanol–water partition coefficient (Wildman–Crippen LogP) is 3.82. The monoisotopic (exact) mass is 366 g/mol. The molecule has 2 atom stereocenters. The summed E-state index contributed by atoms with van der Waals surface area (Å²) in [6.07, 6.45) is 4.28. The van der Waals surface area contributed by atoms with E-state index in [1.807, 2.05) is 13.8 Å². The third-order valence-corrected chi connectivity index (χ3v) is 6.48. The minimum atomic E-state index is -0.236. The van der Waals surface area contributed by atoms with Crippen LogP contribution in [0.4, 0.5) is 0 Å². The lowest BCUT2D eigenvalue weighted by Gasteiger charge is -2.26. The number of hydrogen-bond donors (Lipinski definition) is 1. The summed E-state index contributed by atoms with van der Waals surface area (Å²) in [5.74, 6) is 0.554. The van der Waals surface area contributed by atoms with Crippen molar-refractivity contribution in [3.63, 3.8) is 0 Å². The SMILES string of the molecule is Cc1sc2nc(SCC(=O)O[C@@H]3CCC[C@@H](C)C3)[nH]c(=O)c2c1C. The molecule has 1 aliphatic rings. The standard InChI is InChI=1S/C17H22N2O3S2/c1-9-5-4-6-12(7-9)22-13(20)8-23-17-18-15(21)14-10(2)11(3)24-16(14)19-17/h9,12H,4-8H2,1-3H3,(H,18,19,21)/t9-,12-/m1/s1. The van der Waals surface area contributed by atoms with Gasteiger partial charge in [-0.3, -0.25) is 9.59 Å². The lowest BCUT2D eigenvalue weighted by atomic mass is 9.89. The van der Waals surface area contributed by atoms with Gasteiger partial charge in [-0.1, -0.05) is 25.1 Å². The fourth-order valence-corrected chi connectivity index (χ4v) is 4.87. The Bertz CT molecular complexity index is 812. The van der Waals surface area contributed by atoms with Crippen LogP contribution in [-0.2, 0) is 9.53 Å². The number of carbonyl (C=O) groups is 1. The zero-order chi connectivity index (χ0) is 17.3. The maximum absolute atomic E-state index is 12.2. The molecule has 0 bridgehead atoms. The van der Waals surface area contributed by atoms with Crippen LogP contribution in [0.25, 0.3) is 10.2 Å². The molecule has 7 heteroatoms. The fraction of sp³-hybridized carbons (Fsp3) is 0.588. The quantitative estimate of drug-likeness (QED) is 0.506. The van der Waals surface area contributed by atoms with Crippen molar-refractivity contribution < 1.29 is 9.53 Å². The van der Waals surface area contributed by atoms with Crippen LogP contribution in [0.5, 0.6) is 0 Å². The highest BCUT2D eigenvalue weighted by atomic mass is 32.2. The molecule has 1 aliphatic carbocycles. The van der Waals surface area contributed by atoms with Crippen LogP contribution in [0.1, 0.15) is 43.0 Å². The topological polar surface area (TPSA) is 72.0 Å². The van der Waals surface area contributed by atoms with E-state index >= 15 is 0 Å². The molecule has 1 fully saturated rings. The third-order valence-electron chi connectivity index (χ3n) is 4.53. The van der Waals surface area contributed by atoms with Gasteiger partial charge in [0.2, 0.25) is 0 Å². The maximum atomic E-state index is 12.2. The molecule has 1 N–H and O–H groups in total. The van der Waals surface area contributed by atoms with Gasteiger partial charge in [-0.15, -0.1) is 11.3 Å². The van der Waals surface area contributed by atoms with Crippen molar-refractivity contribution in [3.8, 4) is 0 Å².